The second-order valence-corrected chi connectivity index (χ2v) is 5.08. The van der Waals surface area contributed by atoms with E-state index < -0.39 is 0 Å². The molecule has 0 bridgehead atoms. The van der Waals surface area contributed by atoms with E-state index in [4.69, 9.17) is 4.74 Å². The van der Waals surface area contributed by atoms with Crippen LogP contribution >= 0.6 is 0 Å². The minimum absolute atomic E-state index is 0.714. The lowest BCUT2D eigenvalue weighted by atomic mass is 10.1. The van der Waals surface area contributed by atoms with Gasteiger partial charge in [-0.25, -0.2) is 0 Å². The molecule has 90 valence electrons. The molecule has 1 aliphatic heterocycles. The Kier molecular flexibility index (Phi) is 7.03. The van der Waals surface area contributed by atoms with Crippen molar-refractivity contribution < 1.29 is 4.74 Å². The molecule has 1 atom stereocenters. The molecule has 1 heterocycles. The lowest BCUT2D eigenvalue weighted by Crippen LogP contribution is -2.29. The zero-order valence-corrected chi connectivity index (χ0v) is 10.4. The molecule has 0 aromatic heterocycles. The molecule has 1 rings (SSSR count). The number of ether oxygens (including phenoxy) is 1. The van der Waals surface area contributed by atoms with E-state index in [0.29, 0.717) is 6.04 Å². The van der Waals surface area contributed by atoms with Gasteiger partial charge < -0.3 is 10.1 Å². The van der Waals surface area contributed by atoms with E-state index in [1.165, 1.54) is 45.1 Å². The standard InChI is InChI=1S/C13H27NO/c1-12(2)7-10-15-11-8-13-6-4-3-5-9-14-13/h12-14H,3-11H2,1-2H3. The molecule has 0 saturated carbocycles. The fraction of sp³-hybridized carbons (Fsp3) is 1.00. The topological polar surface area (TPSA) is 21.3 Å². The van der Waals surface area contributed by atoms with Gasteiger partial charge in [0.25, 0.3) is 0 Å². The summed E-state index contributed by atoms with van der Waals surface area (Å²) in [5, 5.41) is 3.60. The van der Waals surface area contributed by atoms with Crippen LogP contribution < -0.4 is 5.32 Å². The first-order valence-electron chi connectivity index (χ1n) is 6.60. The quantitative estimate of drug-likeness (QED) is 0.685. The summed E-state index contributed by atoms with van der Waals surface area (Å²) in [5.74, 6) is 0.765. The fourth-order valence-electron chi connectivity index (χ4n) is 1.99. The van der Waals surface area contributed by atoms with Crippen LogP contribution in [0.5, 0.6) is 0 Å². The second-order valence-electron chi connectivity index (χ2n) is 5.08. The predicted octanol–water partition coefficient (Wildman–Crippen LogP) is 2.97. The van der Waals surface area contributed by atoms with Crippen molar-refractivity contribution in [3.8, 4) is 0 Å². The third-order valence-electron chi connectivity index (χ3n) is 3.11. The van der Waals surface area contributed by atoms with Crippen LogP contribution in [0.2, 0.25) is 0 Å². The van der Waals surface area contributed by atoms with Crippen molar-refractivity contribution in [2.45, 2.75) is 58.4 Å². The van der Waals surface area contributed by atoms with Gasteiger partial charge in [0.15, 0.2) is 0 Å². The Morgan fingerprint density at radius 3 is 2.87 bits per heavy atom. The third kappa shape index (κ3) is 6.91. The molecule has 1 saturated heterocycles. The SMILES string of the molecule is CC(C)CCOCCC1CCCCCN1. The maximum absolute atomic E-state index is 5.65. The van der Waals surface area contributed by atoms with E-state index in [1.807, 2.05) is 0 Å². The van der Waals surface area contributed by atoms with Crippen molar-refractivity contribution in [2.24, 2.45) is 5.92 Å². The maximum atomic E-state index is 5.65. The van der Waals surface area contributed by atoms with Crippen molar-refractivity contribution in [1.29, 1.82) is 0 Å². The molecule has 1 aliphatic rings. The van der Waals surface area contributed by atoms with Crippen LogP contribution in [0.25, 0.3) is 0 Å². The molecule has 2 nitrogen and oxygen atoms in total. The highest BCUT2D eigenvalue weighted by Crippen LogP contribution is 2.11. The van der Waals surface area contributed by atoms with Crippen molar-refractivity contribution in [1.82, 2.24) is 5.32 Å². The third-order valence-corrected chi connectivity index (χ3v) is 3.11. The summed E-state index contributed by atoms with van der Waals surface area (Å²) in [7, 11) is 0. The van der Waals surface area contributed by atoms with Crippen LogP contribution in [-0.4, -0.2) is 25.8 Å². The molecule has 0 aromatic carbocycles. The van der Waals surface area contributed by atoms with Gasteiger partial charge in [-0.05, 0) is 38.1 Å². The smallest absolute Gasteiger partial charge is 0.0480 e. The predicted molar refractivity (Wildman–Crippen MR) is 65.1 cm³/mol. The highest BCUT2D eigenvalue weighted by molar-refractivity contribution is 4.70. The van der Waals surface area contributed by atoms with Crippen LogP contribution in [0, 0.1) is 5.92 Å². The molecule has 0 aromatic rings. The lowest BCUT2D eigenvalue weighted by Gasteiger charge is -2.15. The summed E-state index contributed by atoms with van der Waals surface area (Å²) < 4.78 is 5.65. The van der Waals surface area contributed by atoms with Gasteiger partial charge >= 0.3 is 0 Å². The van der Waals surface area contributed by atoms with Crippen LogP contribution in [0.1, 0.15) is 52.4 Å². The number of hydrogen-bond acceptors (Lipinski definition) is 2. The fourth-order valence-corrected chi connectivity index (χ4v) is 1.99. The normalized spacial score (nSPS) is 23.0. The molecule has 0 aliphatic carbocycles. The molecule has 15 heavy (non-hydrogen) atoms. The zero-order valence-electron chi connectivity index (χ0n) is 10.4. The largest absolute Gasteiger partial charge is 0.381 e. The Labute approximate surface area is 94.8 Å². The minimum atomic E-state index is 0.714. The van der Waals surface area contributed by atoms with Gasteiger partial charge in [0.2, 0.25) is 0 Å². The molecule has 0 amide bonds. The highest BCUT2D eigenvalue weighted by Gasteiger charge is 2.10. The van der Waals surface area contributed by atoms with E-state index in [2.05, 4.69) is 19.2 Å². The van der Waals surface area contributed by atoms with Gasteiger partial charge in [-0.3, -0.25) is 0 Å². The number of nitrogens with one attached hydrogen (secondary N) is 1. The molecule has 1 N–H and O–H groups in total. The summed E-state index contributed by atoms with van der Waals surface area (Å²) in [6, 6.07) is 0.714. The second kappa shape index (κ2) is 8.12. The van der Waals surface area contributed by atoms with Crippen LogP contribution in [0.15, 0.2) is 0 Å². The summed E-state index contributed by atoms with van der Waals surface area (Å²) >= 11 is 0. The van der Waals surface area contributed by atoms with Gasteiger partial charge in [0.1, 0.15) is 0 Å². The van der Waals surface area contributed by atoms with E-state index in [0.717, 1.165) is 19.1 Å². The summed E-state index contributed by atoms with van der Waals surface area (Å²) in [4.78, 5) is 0. The zero-order chi connectivity index (χ0) is 10.9. The Morgan fingerprint density at radius 2 is 2.07 bits per heavy atom. The van der Waals surface area contributed by atoms with E-state index in [9.17, 15) is 0 Å². The first-order chi connectivity index (χ1) is 7.29. The molecule has 1 unspecified atom stereocenters. The molecule has 0 spiro atoms. The van der Waals surface area contributed by atoms with Crippen LogP contribution in [0.3, 0.4) is 0 Å². The first-order valence-corrected chi connectivity index (χ1v) is 6.60. The highest BCUT2D eigenvalue weighted by atomic mass is 16.5. The summed E-state index contributed by atoms with van der Waals surface area (Å²) in [5.41, 5.74) is 0. The Bertz CT molecular complexity index is 139. The van der Waals surface area contributed by atoms with Gasteiger partial charge in [0.05, 0.1) is 0 Å². The van der Waals surface area contributed by atoms with Crippen molar-refractivity contribution >= 4 is 0 Å². The molecule has 2 heteroatoms. The van der Waals surface area contributed by atoms with E-state index in [-0.39, 0.29) is 0 Å². The minimum Gasteiger partial charge on any atom is -0.381 e. The number of rotatable bonds is 6. The Balaban J connectivity index is 1.94. The maximum Gasteiger partial charge on any atom is 0.0480 e. The average Bonchev–Trinajstić information content (AvgIpc) is 2.45. The monoisotopic (exact) mass is 213 g/mol. The summed E-state index contributed by atoms with van der Waals surface area (Å²) in [6.07, 6.45) is 7.87. The van der Waals surface area contributed by atoms with E-state index in [1.54, 1.807) is 0 Å². The molecular weight excluding hydrogens is 186 g/mol. The Hall–Kier alpha value is -0.0800. The number of hydrogen-bond donors (Lipinski definition) is 1. The molecule has 1 fully saturated rings. The Morgan fingerprint density at radius 1 is 1.20 bits per heavy atom. The molecular formula is C13H27NO. The van der Waals surface area contributed by atoms with E-state index >= 15 is 0 Å². The van der Waals surface area contributed by atoms with Gasteiger partial charge in [-0.2, -0.15) is 0 Å². The lowest BCUT2D eigenvalue weighted by molar-refractivity contribution is 0.114. The summed E-state index contributed by atoms with van der Waals surface area (Å²) in [6.45, 7) is 7.57. The average molecular weight is 213 g/mol. The van der Waals surface area contributed by atoms with Crippen LogP contribution in [0.4, 0.5) is 0 Å². The van der Waals surface area contributed by atoms with Gasteiger partial charge in [-0.1, -0.05) is 26.7 Å². The van der Waals surface area contributed by atoms with Crippen molar-refractivity contribution in [3.63, 3.8) is 0 Å². The van der Waals surface area contributed by atoms with Gasteiger partial charge in [-0.15, -0.1) is 0 Å². The molecule has 0 radical (unpaired) electrons. The van der Waals surface area contributed by atoms with Gasteiger partial charge in [0, 0.05) is 19.3 Å². The van der Waals surface area contributed by atoms with Crippen molar-refractivity contribution in [2.75, 3.05) is 19.8 Å². The first kappa shape index (κ1) is 13.0. The van der Waals surface area contributed by atoms with Crippen molar-refractivity contribution in [3.05, 3.63) is 0 Å². The van der Waals surface area contributed by atoms with Crippen LogP contribution in [-0.2, 0) is 4.74 Å².